The van der Waals surface area contributed by atoms with Gasteiger partial charge in [0.25, 0.3) is 0 Å². The average Bonchev–Trinajstić information content (AvgIpc) is 3.12. The van der Waals surface area contributed by atoms with Gasteiger partial charge in [-0.15, -0.1) is 0 Å². The summed E-state index contributed by atoms with van der Waals surface area (Å²) in [6.45, 7) is 9.02. The van der Waals surface area contributed by atoms with Gasteiger partial charge < -0.3 is 19.4 Å². The van der Waals surface area contributed by atoms with Gasteiger partial charge >= 0.3 is 5.97 Å². The summed E-state index contributed by atoms with van der Waals surface area (Å²) in [5, 5.41) is 3.25. The van der Waals surface area contributed by atoms with Crippen molar-refractivity contribution in [3.05, 3.63) is 41.6 Å². The summed E-state index contributed by atoms with van der Waals surface area (Å²) in [7, 11) is 1.63. The lowest BCUT2D eigenvalue weighted by Crippen LogP contribution is -2.43. The van der Waals surface area contributed by atoms with Crippen LogP contribution < -0.4 is 10.1 Å². The van der Waals surface area contributed by atoms with Crippen LogP contribution in [-0.2, 0) is 16.1 Å². The molecule has 6 heteroatoms. The number of carbonyl (C=O) groups is 2. The van der Waals surface area contributed by atoms with Crippen LogP contribution in [0.15, 0.2) is 30.3 Å². The minimum Gasteiger partial charge on any atom is -0.497 e. The molecule has 1 fully saturated rings. The zero-order valence-corrected chi connectivity index (χ0v) is 19.9. The van der Waals surface area contributed by atoms with E-state index < -0.39 is 0 Å². The zero-order chi connectivity index (χ0) is 23.3. The molecule has 0 spiro atoms. The summed E-state index contributed by atoms with van der Waals surface area (Å²) in [4.78, 5) is 25.3. The normalized spacial score (nSPS) is 20.6. The molecule has 1 N–H and O–H groups in total. The first-order chi connectivity index (χ1) is 15.3. The van der Waals surface area contributed by atoms with Crippen molar-refractivity contribution in [2.75, 3.05) is 13.7 Å². The molecule has 0 saturated heterocycles. The Hall–Kier alpha value is -2.76. The monoisotopic (exact) mass is 440 g/mol. The van der Waals surface area contributed by atoms with Crippen molar-refractivity contribution in [3.63, 3.8) is 0 Å². The van der Waals surface area contributed by atoms with Crippen LogP contribution in [0.1, 0.15) is 62.5 Å². The van der Waals surface area contributed by atoms with Crippen molar-refractivity contribution < 1.29 is 19.1 Å². The smallest absolute Gasteiger partial charge is 0.339 e. The third-order valence-corrected chi connectivity index (χ3v) is 6.86. The summed E-state index contributed by atoms with van der Waals surface area (Å²) in [5.41, 5.74) is 3.19. The minimum atomic E-state index is -0.340. The lowest BCUT2D eigenvalue weighted by molar-refractivity contribution is -0.122. The Morgan fingerprint density at radius 1 is 1.16 bits per heavy atom. The summed E-state index contributed by atoms with van der Waals surface area (Å²) < 4.78 is 12.6. The van der Waals surface area contributed by atoms with Gasteiger partial charge in [0.05, 0.1) is 19.3 Å². The Bertz CT molecular complexity index is 932. The quantitative estimate of drug-likeness (QED) is 0.588. The molecule has 6 nitrogen and oxygen atoms in total. The molecule has 1 aliphatic carbocycles. The van der Waals surface area contributed by atoms with Crippen LogP contribution in [0.3, 0.4) is 0 Å². The molecule has 1 aromatic carbocycles. The standard InChI is InChI=1S/C26H36N2O4/c1-6-32-26(30)22-16-24(20-10-12-21(31-5)13-11-20)28(19(22)4)15-14-25(29)27-23-9-7-8-17(2)18(23)3/h10-13,16-18,23H,6-9,14-15H2,1-5H3,(H,27,29)/t17-,18+,23+/m0/s1. The first kappa shape index (κ1) is 23.9. The fourth-order valence-corrected chi connectivity index (χ4v) is 4.63. The largest absolute Gasteiger partial charge is 0.497 e. The Balaban J connectivity index is 1.80. The molecule has 1 amide bonds. The third-order valence-electron chi connectivity index (χ3n) is 6.86. The molecular formula is C26H36N2O4. The van der Waals surface area contributed by atoms with Crippen LogP contribution in [0.4, 0.5) is 0 Å². The molecule has 2 aromatic rings. The number of esters is 1. The number of aromatic nitrogens is 1. The van der Waals surface area contributed by atoms with Crippen LogP contribution in [0, 0.1) is 18.8 Å². The topological polar surface area (TPSA) is 69.6 Å². The summed E-state index contributed by atoms with van der Waals surface area (Å²) in [5.74, 6) is 1.61. The van der Waals surface area contributed by atoms with E-state index in [4.69, 9.17) is 9.47 Å². The van der Waals surface area contributed by atoms with Gasteiger partial charge in [-0.05, 0) is 68.0 Å². The number of amides is 1. The molecule has 174 valence electrons. The van der Waals surface area contributed by atoms with Crippen molar-refractivity contribution in [1.82, 2.24) is 9.88 Å². The predicted molar refractivity (Wildman–Crippen MR) is 126 cm³/mol. The van der Waals surface area contributed by atoms with Gasteiger partial charge in [-0.3, -0.25) is 4.79 Å². The average molecular weight is 441 g/mol. The Morgan fingerprint density at radius 2 is 1.88 bits per heavy atom. The Kier molecular flexibility index (Phi) is 7.99. The number of methoxy groups -OCH3 is 1. The highest BCUT2D eigenvalue weighted by Gasteiger charge is 2.28. The van der Waals surface area contributed by atoms with Crippen LogP contribution in [0.2, 0.25) is 0 Å². The van der Waals surface area contributed by atoms with Gasteiger partial charge in [-0.2, -0.15) is 0 Å². The Labute approximate surface area is 191 Å². The van der Waals surface area contributed by atoms with Crippen molar-refractivity contribution >= 4 is 11.9 Å². The van der Waals surface area contributed by atoms with Gasteiger partial charge in [0.2, 0.25) is 5.91 Å². The van der Waals surface area contributed by atoms with Gasteiger partial charge in [0, 0.05) is 30.4 Å². The van der Waals surface area contributed by atoms with Crippen LogP contribution >= 0.6 is 0 Å². The van der Waals surface area contributed by atoms with Gasteiger partial charge in [0.1, 0.15) is 5.75 Å². The number of carbonyl (C=O) groups excluding carboxylic acids is 2. The molecule has 3 rings (SSSR count). The van der Waals surface area contributed by atoms with Crippen molar-refractivity contribution in [3.8, 4) is 17.0 Å². The molecule has 0 aliphatic heterocycles. The summed E-state index contributed by atoms with van der Waals surface area (Å²) in [6, 6.07) is 9.81. The maximum atomic E-state index is 12.8. The number of nitrogens with one attached hydrogen (secondary N) is 1. The molecule has 1 aliphatic rings. The fourth-order valence-electron chi connectivity index (χ4n) is 4.63. The highest BCUT2D eigenvalue weighted by Crippen LogP contribution is 2.30. The van der Waals surface area contributed by atoms with E-state index in [1.165, 1.54) is 6.42 Å². The van der Waals surface area contributed by atoms with E-state index in [1.54, 1.807) is 14.0 Å². The predicted octanol–water partition coefficient (Wildman–Crippen LogP) is 4.98. The first-order valence-electron chi connectivity index (χ1n) is 11.7. The van der Waals surface area contributed by atoms with E-state index in [1.807, 2.05) is 41.8 Å². The van der Waals surface area contributed by atoms with E-state index in [2.05, 4.69) is 19.2 Å². The fraction of sp³-hybridized carbons (Fsp3) is 0.538. The molecule has 1 saturated carbocycles. The maximum absolute atomic E-state index is 12.8. The molecule has 1 heterocycles. The number of nitrogens with zero attached hydrogens (tertiary/aromatic N) is 1. The molecule has 3 atom stereocenters. The Morgan fingerprint density at radius 3 is 2.53 bits per heavy atom. The molecule has 32 heavy (non-hydrogen) atoms. The van der Waals surface area contributed by atoms with Crippen LogP contribution in [-0.4, -0.2) is 36.2 Å². The number of hydrogen-bond donors (Lipinski definition) is 1. The van der Waals surface area contributed by atoms with Crippen molar-refractivity contribution in [2.24, 2.45) is 11.8 Å². The summed E-state index contributed by atoms with van der Waals surface area (Å²) >= 11 is 0. The maximum Gasteiger partial charge on any atom is 0.339 e. The van der Waals surface area contributed by atoms with E-state index in [0.717, 1.165) is 35.5 Å². The molecule has 1 aromatic heterocycles. The van der Waals surface area contributed by atoms with Gasteiger partial charge in [0.15, 0.2) is 0 Å². The van der Waals surface area contributed by atoms with E-state index in [0.29, 0.717) is 37.0 Å². The lowest BCUT2D eigenvalue weighted by Gasteiger charge is -2.34. The first-order valence-corrected chi connectivity index (χ1v) is 11.7. The second kappa shape index (κ2) is 10.7. The lowest BCUT2D eigenvalue weighted by atomic mass is 9.78. The van der Waals surface area contributed by atoms with Gasteiger partial charge in [-0.1, -0.05) is 26.7 Å². The zero-order valence-electron chi connectivity index (χ0n) is 19.9. The molecule has 0 bridgehead atoms. The molecule has 0 radical (unpaired) electrons. The SMILES string of the molecule is CCOC(=O)c1cc(-c2ccc(OC)cc2)n(CCC(=O)N[C@@H]2CCC[C@H](C)[C@H]2C)c1C. The van der Waals surface area contributed by atoms with Gasteiger partial charge in [-0.25, -0.2) is 4.79 Å². The number of ether oxygens (including phenoxy) is 2. The highest BCUT2D eigenvalue weighted by molar-refractivity contribution is 5.92. The summed E-state index contributed by atoms with van der Waals surface area (Å²) in [6.07, 6.45) is 3.80. The van der Waals surface area contributed by atoms with Crippen LogP contribution in [0.25, 0.3) is 11.3 Å². The second-order valence-corrected chi connectivity index (χ2v) is 8.82. The van der Waals surface area contributed by atoms with E-state index >= 15 is 0 Å². The number of benzene rings is 1. The number of rotatable bonds is 8. The highest BCUT2D eigenvalue weighted by atomic mass is 16.5. The van der Waals surface area contributed by atoms with E-state index in [-0.39, 0.29) is 17.9 Å². The minimum absolute atomic E-state index is 0.0578. The van der Waals surface area contributed by atoms with Crippen LogP contribution in [0.5, 0.6) is 5.75 Å². The van der Waals surface area contributed by atoms with Crippen molar-refractivity contribution in [2.45, 2.75) is 66.0 Å². The molecule has 0 unspecified atom stereocenters. The van der Waals surface area contributed by atoms with Crippen molar-refractivity contribution in [1.29, 1.82) is 0 Å². The van der Waals surface area contributed by atoms with E-state index in [9.17, 15) is 9.59 Å². The number of hydrogen-bond acceptors (Lipinski definition) is 4. The third kappa shape index (κ3) is 5.34. The second-order valence-electron chi connectivity index (χ2n) is 8.82. The molecular weight excluding hydrogens is 404 g/mol.